The van der Waals surface area contributed by atoms with Crippen molar-refractivity contribution in [3.05, 3.63) is 64.2 Å². The van der Waals surface area contributed by atoms with Gasteiger partial charge in [0, 0.05) is 13.0 Å². The Hall–Kier alpha value is -2.34. The number of carbonyl (C=O) groups is 1. The summed E-state index contributed by atoms with van der Waals surface area (Å²) >= 11 is 0. The quantitative estimate of drug-likeness (QED) is 0.696. The van der Waals surface area contributed by atoms with E-state index in [1.165, 1.54) is 10.6 Å². The van der Waals surface area contributed by atoms with Gasteiger partial charge in [-0.1, -0.05) is 29.8 Å². The van der Waals surface area contributed by atoms with Crippen molar-refractivity contribution in [2.75, 3.05) is 17.1 Å². The van der Waals surface area contributed by atoms with E-state index >= 15 is 0 Å². The summed E-state index contributed by atoms with van der Waals surface area (Å²) in [6.07, 6.45) is 1.92. The fraction of sp³-hybridized carbons (Fsp3) is 0.435. The van der Waals surface area contributed by atoms with Crippen LogP contribution in [-0.4, -0.2) is 27.1 Å². The zero-order valence-electron chi connectivity index (χ0n) is 18.2. The molecule has 0 fully saturated rings. The molecule has 2 aromatic carbocycles. The first-order chi connectivity index (χ1) is 13.5. The van der Waals surface area contributed by atoms with Crippen LogP contribution in [0.1, 0.15) is 53.6 Å². The first-order valence-electron chi connectivity index (χ1n) is 9.90. The molecule has 6 heteroatoms. The maximum atomic E-state index is 12.4. The second-order valence-corrected chi connectivity index (χ2v) is 9.76. The molecule has 2 aromatic rings. The van der Waals surface area contributed by atoms with Crippen molar-refractivity contribution < 1.29 is 13.2 Å². The zero-order valence-corrected chi connectivity index (χ0v) is 19.1. The number of benzene rings is 2. The number of anilines is 1. The Morgan fingerprint density at radius 1 is 1.00 bits per heavy atom. The number of amides is 1. The van der Waals surface area contributed by atoms with E-state index in [1.807, 2.05) is 52.8 Å². The van der Waals surface area contributed by atoms with Gasteiger partial charge in [0.2, 0.25) is 15.9 Å². The minimum atomic E-state index is -3.42. The van der Waals surface area contributed by atoms with E-state index < -0.39 is 10.0 Å². The Labute approximate surface area is 175 Å². The van der Waals surface area contributed by atoms with Gasteiger partial charge < -0.3 is 5.32 Å². The van der Waals surface area contributed by atoms with E-state index in [1.54, 1.807) is 0 Å². The van der Waals surface area contributed by atoms with Gasteiger partial charge in [-0.05, 0) is 75.4 Å². The Morgan fingerprint density at radius 2 is 1.66 bits per heavy atom. The van der Waals surface area contributed by atoms with E-state index in [9.17, 15) is 13.2 Å². The highest BCUT2D eigenvalue weighted by molar-refractivity contribution is 7.92. The molecule has 0 heterocycles. The van der Waals surface area contributed by atoms with E-state index in [2.05, 4.69) is 23.5 Å². The number of aryl methyl sites for hydroxylation is 4. The average molecular weight is 417 g/mol. The molecule has 1 atom stereocenters. The van der Waals surface area contributed by atoms with Crippen molar-refractivity contribution in [1.82, 2.24) is 5.32 Å². The summed E-state index contributed by atoms with van der Waals surface area (Å²) in [5, 5.41) is 3.03. The molecule has 0 saturated carbocycles. The molecule has 5 nitrogen and oxygen atoms in total. The van der Waals surface area contributed by atoms with Crippen LogP contribution in [0.3, 0.4) is 0 Å². The molecule has 29 heavy (non-hydrogen) atoms. The third kappa shape index (κ3) is 6.32. The van der Waals surface area contributed by atoms with Gasteiger partial charge in [0.05, 0.1) is 18.0 Å². The van der Waals surface area contributed by atoms with Crippen molar-refractivity contribution in [3.63, 3.8) is 0 Å². The van der Waals surface area contributed by atoms with Crippen LogP contribution in [0.2, 0.25) is 0 Å². The van der Waals surface area contributed by atoms with E-state index in [-0.39, 0.29) is 24.9 Å². The van der Waals surface area contributed by atoms with Crippen molar-refractivity contribution >= 4 is 21.6 Å². The van der Waals surface area contributed by atoms with Gasteiger partial charge in [-0.15, -0.1) is 0 Å². The topological polar surface area (TPSA) is 66.5 Å². The molecule has 0 radical (unpaired) electrons. The smallest absolute Gasteiger partial charge is 0.232 e. The summed E-state index contributed by atoms with van der Waals surface area (Å²) in [7, 11) is -3.42. The second-order valence-electron chi connectivity index (χ2n) is 7.86. The van der Waals surface area contributed by atoms with Crippen molar-refractivity contribution in [2.24, 2.45) is 0 Å². The predicted octanol–water partition coefficient (Wildman–Crippen LogP) is 4.34. The molecule has 0 spiro atoms. The summed E-state index contributed by atoms with van der Waals surface area (Å²) in [5.74, 6) is -0.0769. The molecule has 0 aromatic heterocycles. The lowest BCUT2D eigenvalue weighted by Crippen LogP contribution is -2.32. The van der Waals surface area contributed by atoms with Crippen LogP contribution in [0.15, 0.2) is 36.4 Å². The predicted molar refractivity (Wildman–Crippen MR) is 120 cm³/mol. The summed E-state index contributed by atoms with van der Waals surface area (Å²) in [6.45, 7) is 10.3. The first kappa shape index (κ1) is 22.9. The standard InChI is InChI=1S/C23H32N2O3S/c1-16-9-10-18(3)22(14-16)20(5)24-23(26)8-7-13-25(29(6,27)28)21-12-11-17(2)19(4)15-21/h9-12,14-15,20H,7-8,13H2,1-6H3,(H,24,26)/t20-/m1/s1. The molecule has 0 aliphatic heterocycles. The van der Waals surface area contributed by atoms with Crippen molar-refractivity contribution in [2.45, 2.75) is 53.5 Å². The van der Waals surface area contributed by atoms with Crippen LogP contribution >= 0.6 is 0 Å². The van der Waals surface area contributed by atoms with Crippen LogP contribution in [0.25, 0.3) is 0 Å². The minimum absolute atomic E-state index is 0.0769. The molecular formula is C23H32N2O3S. The summed E-state index contributed by atoms with van der Waals surface area (Å²) < 4.78 is 25.9. The number of hydrogen-bond donors (Lipinski definition) is 1. The maximum absolute atomic E-state index is 12.4. The molecule has 0 aliphatic carbocycles. The fourth-order valence-electron chi connectivity index (χ4n) is 3.37. The van der Waals surface area contributed by atoms with Crippen LogP contribution < -0.4 is 9.62 Å². The van der Waals surface area contributed by atoms with Crippen molar-refractivity contribution in [3.8, 4) is 0 Å². The SMILES string of the molecule is Cc1ccc(C)c([C@@H](C)NC(=O)CCCN(c2ccc(C)c(C)c2)S(C)(=O)=O)c1. The number of carbonyl (C=O) groups excluding carboxylic acids is 1. The molecular weight excluding hydrogens is 384 g/mol. The molecule has 158 valence electrons. The van der Waals surface area contributed by atoms with Gasteiger partial charge in [-0.25, -0.2) is 8.42 Å². The zero-order chi connectivity index (χ0) is 21.8. The van der Waals surface area contributed by atoms with Gasteiger partial charge in [0.1, 0.15) is 0 Å². The summed E-state index contributed by atoms with van der Waals surface area (Å²) in [6, 6.07) is 11.7. The van der Waals surface area contributed by atoms with Gasteiger partial charge in [-0.2, -0.15) is 0 Å². The monoisotopic (exact) mass is 416 g/mol. The lowest BCUT2D eigenvalue weighted by atomic mass is 10.00. The van der Waals surface area contributed by atoms with Gasteiger partial charge in [0.15, 0.2) is 0 Å². The first-order valence-corrected chi connectivity index (χ1v) is 11.8. The van der Waals surface area contributed by atoms with E-state index in [0.29, 0.717) is 12.1 Å². The largest absolute Gasteiger partial charge is 0.350 e. The molecule has 1 amide bonds. The number of nitrogens with one attached hydrogen (secondary N) is 1. The Bertz CT molecular complexity index is 984. The highest BCUT2D eigenvalue weighted by Gasteiger charge is 2.19. The second kappa shape index (κ2) is 9.44. The van der Waals surface area contributed by atoms with Crippen LogP contribution in [0.4, 0.5) is 5.69 Å². The average Bonchev–Trinajstić information content (AvgIpc) is 2.62. The number of sulfonamides is 1. The van der Waals surface area contributed by atoms with Gasteiger partial charge in [0.25, 0.3) is 0 Å². The highest BCUT2D eigenvalue weighted by atomic mass is 32.2. The van der Waals surface area contributed by atoms with Crippen LogP contribution in [0.5, 0.6) is 0 Å². The normalized spacial score (nSPS) is 12.5. The third-order valence-electron chi connectivity index (χ3n) is 5.22. The summed E-state index contributed by atoms with van der Waals surface area (Å²) in [4.78, 5) is 12.4. The molecule has 0 bridgehead atoms. The molecule has 0 unspecified atom stereocenters. The van der Waals surface area contributed by atoms with E-state index in [0.717, 1.165) is 27.8 Å². The molecule has 2 rings (SSSR count). The van der Waals surface area contributed by atoms with Gasteiger partial charge in [-0.3, -0.25) is 9.10 Å². The minimum Gasteiger partial charge on any atom is -0.350 e. The van der Waals surface area contributed by atoms with Crippen LogP contribution in [0, 0.1) is 27.7 Å². The Morgan fingerprint density at radius 3 is 2.28 bits per heavy atom. The van der Waals surface area contributed by atoms with Crippen LogP contribution in [-0.2, 0) is 14.8 Å². The lowest BCUT2D eigenvalue weighted by molar-refractivity contribution is -0.121. The van der Waals surface area contributed by atoms with Crippen molar-refractivity contribution in [1.29, 1.82) is 0 Å². The highest BCUT2D eigenvalue weighted by Crippen LogP contribution is 2.22. The Kier molecular flexibility index (Phi) is 7.47. The van der Waals surface area contributed by atoms with E-state index in [4.69, 9.17) is 0 Å². The molecule has 0 aliphatic rings. The summed E-state index contributed by atoms with van der Waals surface area (Å²) in [5.41, 5.74) is 6.19. The number of rotatable bonds is 8. The molecule has 0 saturated heterocycles. The third-order valence-corrected chi connectivity index (χ3v) is 6.42. The fourth-order valence-corrected chi connectivity index (χ4v) is 4.33. The lowest BCUT2D eigenvalue weighted by Gasteiger charge is -2.23. The number of nitrogens with zero attached hydrogens (tertiary/aromatic N) is 1. The molecule has 1 N–H and O–H groups in total. The number of hydrogen-bond acceptors (Lipinski definition) is 3. The maximum Gasteiger partial charge on any atom is 0.232 e. The Balaban J connectivity index is 1.99. The van der Waals surface area contributed by atoms with Gasteiger partial charge >= 0.3 is 0 Å².